The van der Waals surface area contributed by atoms with Crippen LogP contribution in [0.1, 0.15) is 38.2 Å². The summed E-state index contributed by atoms with van der Waals surface area (Å²) < 4.78 is 1.94. The van der Waals surface area contributed by atoms with Gasteiger partial charge >= 0.3 is 0 Å². The minimum atomic E-state index is 0.250. The lowest BCUT2D eigenvalue weighted by atomic mass is 9.95. The monoisotopic (exact) mass is 204 g/mol. The Kier molecular flexibility index (Phi) is 2.99. The van der Waals surface area contributed by atoms with Gasteiger partial charge in [-0.1, -0.05) is 6.92 Å². The Morgan fingerprint density at radius 1 is 1.47 bits per heavy atom. The van der Waals surface area contributed by atoms with Crippen molar-refractivity contribution in [2.24, 2.45) is 0 Å². The smallest absolute Gasteiger partial charge is 0.155 e. The Labute approximate surface area is 89.8 Å². The standard InChI is InChI=1S/C12H16N2O/c1-2-6-14-9-11(8-13-14)10-4-3-5-12(15)7-10/h7-9H,2-6H2,1H3. The largest absolute Gasteiger partial charge is 0.295 e. The molecule has 0 N–H and O–H groups in total. The predicted octanol–water partition coefficient (Wildman–Crippen LogP) is 2.43. The first-order valence-electron chi connectivity index (χ1n) is 5.56. The summed E-state index contributed by atoms with van der Waals surface area (Å²) in [6.45, 7) is 3.08. The van der Waals surface area contributed by atoms with Crippen LogP contribution in [0.15, 0.2) is 18.5 Å². The molecule has 0 aromatic carbocycles. The molecule has 1 heterocycles. The fourth-order valence-electron chi connectivity index (χ4n) is 1.90. The van der Waals surface area contributed by atoms with Crippen molar-refractivity contribution in [3.63, 3.8) is 0 Å². The first-order chi connectivity index (χ1) is 7.29. The van der Waals surface area contributed by atoms with Gasteiger partial charge in [0.1, 0.15) is 0 Å². The summed E-state index contributed by atoms with van der Waals surface area (Å²) >= 11 is 0. The number of rotatable bonds is 3. The topological polar surface area (TPSA) is 34.9 Å². The summed E-state index contributed by atoms with van der Waals surface area (Å²) in [5.74, 6) is 0.250. The van der Waals surface area contributed by atoms with E-state index in [9.17, 15) is 4.79 Å². The highest BCUT2D eigenvalue weighted by Gasteiger charge is 2.12. The lowest BCUT2D eigenvalue weighted by Gasteiger charge is -2.09. The molecule has 2 rings (SSSR count). The third-order valence-electron chi connectivity index (χ3n) is 2.66. The molecule has 0 bridgehead atoms. The third-order valence-corrected chi connectivity index (χ3v) is 2.66. The number of aryl methyl sites for hydroxylation is 1. The van der Waals surface area contributed by atoms with Gasteiger partial charge in [0.25, 0.3) is 0 Å². The van der Waals surface area contributed by atoms with Crippen LogP contribution >= 0.6 is 0 Å². The molecule has 0 saturated heterocycles. The SMILES string of the molecule is CCCn1cc(C2=CC(=O)CCC2)cn1. The minimum Gasteiger partial charge on any atom is -0.295 e. The summed E-state index contributed by atoms with van der Waals surface area (Å²) in [5.41, 5.74) is 2.25. The van der Waals surface area contributed by atoms with Crippen molar-refractivity contribution in [2.45, 2.75) is 39.2 Å². The number of carbonyl (C=O) groups is 1. The summed E-state index contributed by atoms with van der Waals surface area (Å²) in [5, 5.41) is 4.27. The number of hydrogen-bond donors (Lipinski definition) is 0. The van der Waals surface area contributed by atoms with Crippen LogP contribution in [0.2, 0.25) is 0 Å². The number of allylic oxidation sites excluding steroid dienone is 2. The van der Waals surface area contributed by atoms with Gasteiger partial charge in [-0.25, -0.2) is 0 Å². The summed E-state index contributed by atoms with van der Waals surface area (Å²) in [7, 11) is 0. The van der Waals surface area contributed by atoms with Crippen LogP contribution in [0.4, 0.5) is 0 Å². The van der Waals surface area contributed by atoms with Crippen molar-refractivity contribution in [3.8, 4) is 0 Å². The number of ketones is 1. The van der Waals surface area contributed by atoms with Crippen LogP contribution in [-0.4, -0.2) is 15.6 Å². The van der Waals surface area contributed by atoms with E-state index in [4.69, 9.17) is 0 Å². The molecule has 0 spiro atoms. The van der Waals surface area contributed by atoms with Gasteiger partial charge in [-0.15, -0.1) is 0 Å². The normalized spacial score (nSPS) is 16.6. The second kappa shape index (κ2) is 4.43. The van der Waals surface area contributed by atoms with Gasteiger partial charge in [-0.05, 0) is 30.9 Å². The second-order valence-corrected chi connectivity index (χ2v) is 3.98. The van der Waals surface area contributed by atoms with Crippen molar-refractivity contribution in [2.75, 3.05) is 0 Å². The highest BCUT2D eigenvalue weighted by Crippen LogP contribution is 2.24. The first-order valence-corrected chi connectivity index (χ1v) is 5.56. The maximum Gasteiger partial charge on any atom is 0.155 e. The van der Waals surface area contributed by atoms with Crippen molar-refractivity contribution < 1.29 is 4.79 Å². The Hall–Kier alpha value is -1.38. The molecule has 1 aromatic heterocycles. The lowest BCUT2D eigenvalue weighted by Crippen LogP contribution is -2.01. The Bertz CT molecular complexity index is 390. The van der Waals surface area contributed by atoms with Gasteiger partial charge in [0.2, 0.25) is 0 Å². The van der Waals surface area contributed by atoms with Gasteiger partial charge in [0.05, 0.1) is 6.20 Å². The fourth-order valence-corrected chi connectivity index (χ4v) is 1.90. The van der Waals surface area contributed by atoms with E-state index in [1.54, 1.807) is 6.08 Å². The van der Waals surface area contributed by atoms with Crippen LogP contribution in [0.5, 0.6) is 0 Å². The van der Waals surface area contributed by atoms with Crippen LogP contribution in [0.3, 0.4) is 0 Å². The van der Waals surface area contributed by atoms with E-state index in [0.717, 1.165) is 36.9 Å². The molecular weight excluding hydrogens is 188 g/mol. The van der Waals surface area contributed by atoms with Gasteiger partial charge in [-0.3, -0.25) is 9.48 Å². The minimum absolute atomic E-state index is 0.250. The second-order valence-electron chi connectivity index (χ2n) is 3.98. The zero-order valence-electron chi connectivity index (χ0n) is 9.07. The molecule has 0 amide bonds. The van der Waals surface area contributed by atoms with Gasteiger partial charge in [0.15, 0.2) is 5.78 Å². The van der Waals surface area contributed by atoms with Gasteiger partial charge in [0, 0.05) is 24.7 Å². The van der Waals surface area contributed by atoms with Crippen molar-refractivity contribution in [1.29, 1.82) is 0 Å². The molecular formula is C12H16N2O. The molecule has 80 valence electrons. The van der Waals surface area contributed by atoms with E-state index in [-0.39, 0.29) is 5.78 Å². The number of aromatic nitrogens is 2. The van der Waals surface area contributed by atoms with Crippen LogP contribution in [0, 0.1) is 0 Å². The van der Waals surface area contributed by atoms with E-state index in [0.29, 0.717) is 6.42 Å². The van der Waals surface area contributed by atoms with Crippen molar-refractivity contribution >= 4 is 11.4 Å². The quantitative estimate of drug-likeness (QED) is 0.758. The average molecular weight is 204 g/mol. The van der Waals surface area contributed by atoms with Gasteiger partial charge in [-0.2, -0.15) is 5.10 Å². The molecule has 0 fully saturated rings. The number of hydrogen-bond acceptors (Lipinski definition) is 2. The molecule has 0 unspecified atom stereocenters. The Morgan fingerprint density at radius 3 is 3.07 bits per heavy atom. The zero-order chi connectivity index (χ0) is 10.7. The van der Waals surface area contributed by atoms with E-state index in [2.05, 4.69) is 12.0 Å². The van der Waals surface area contributed by atoms with E-state index >= 15 is 0 Å². The molecule has 1 aliphatic carbocycles. The van der Waals surface area contributed by atoms with E-state index < -0.39 is 0 Å². The van der Waals surface area contributed by atoms with Crippen molar-refractivity contribution in [3.05, 3.63) is 24.0 Å². The molecule has 0 aliphatic heterocycles. The van der Waals surface area contributed by atoms with Crippen LogP contribution < -0.4 is 0 Å². The maximum absolute atomic E-state index is 11.3. The Morgan fingerprint density at radius 2 is 2.33 bits per heavy atom. The molecule has 1 aromatic rings. The fraction of sp³-hybridized carbons (Fsp3) is 0.500. The highest BCUT2D eigenvalue weighted by atomic mass is 16.1. The maximum atomic E-state index is 11.3. The molecule has 0 radical (unpaired) electrons. The number of carbonyl (C=O) groups excluding carboxylic acids is 1. The Balaban J connectivity index is 2.18. The van der Waals surface area contributed by atoms with Crippen LogP contribution in [-0.2, 0) is 11.3 Å². The predicted molar refractivity (Wildman–Crippen MR) is 59.4 cm³/mol. The average Bonchev–Trinajstić information content (AvgIpc) is 2.67. The van der Waals surface area contributed by atoms with Gasteiger partial charge < -0.3 is 0 Å². The summed E-state index contributed by atoms with van der Waals surface area (Å²) in [6, 6.07) is 0. The highest BCUT2D eigenvalue weighted by molar-refractivity contribution is 5.98. The molecule has 3 nitrogen and oxygen atoms in total. The molecule has 1 aliphatic rings. The van der Waals surface area contributed by atoms with E-state index in [1.165, 1.54) is 0 Å². The summed E-state index contributed by atoms with van der Waals surface area (Å²) in [4.78, 5) is 11.3. The zero-order valence-corrected chi connectivity index (χ0v) is 9.07. The van der Waals surface area contributed by atoms with E-state index in [1.807, 2.05) is 17.1 Å². The first kappa shape index (κ1) is 10.1. The molecule has 0 atom stereocenters. The summed E-state index contributed by atoms with van der Waals surface area (Å²) in [6.07, 6.45) is 9.43. The molecule has 0 saturated carbocycles. The lowest BCUT2D eigenvalue weighted by molar-refractivity contribution is -0.114. The third kappa shape index (κ3) is 2.35. The van der Waals surface area contributed by atoms with Crippen LogP contribution in [0.25, 0.3) is 5.57 Å². The number of nitrogens with zero attached hydrogens (tertiary/aromatic N) is 2. The molecule has 3 heteroatoms. The molecule has 15 heavy (non-hydrogen) atoms. The van der Waals surface area contributed by atoms with Crippen molar-refractivity contribution in [1.82, 2.24) is 9.78 Å².